The van der Waals surface area contributed by atoms with Crippen molar-refractivity contribution in [3.05, 3.63) is 70.6 Å². The van der Waals surface area contributed by atoms with Crippen LogP contribution in [-0.2, 0) is 16.0 Å². The molecule has 7 nitrogen and oxygen atoms in total. The van der Waals surface area contributed by atoms with Crippen LogP contribution < -0.4 is 14.8 Å². The molecule has 1 amide bonds. The van der Waals surface area contributed by atoms with Crippen molar-refractivity contribution in [1.29, 1.82) is 0 Å². The first-order valence-electron chi connectivity index (χ1n) is 9.43. The van der Waals surface area contributed by atoms with E-state index < -0.39 is 12.6 Å². The number of hydrogen-bond acceptors (Lipinski definition) is 6. The van der Waals surface area contributed by atoms with Crippen molar-refractivity contribution in [3.63, 3.8) is 0 Å². The van der Waals surface area contributed by atoms with Crippen molar-refractivity contribution in [2.45, 2.75) is 13.3 Å². The topological polar surface area (TPSA) is 97.2 Å². The number of amidine groups is 1. The number of benzene rings is 2. The van der Waals surface area contributed by atoms with Crippen LogP contribution in [0.25, 0.3) is 6.08 Å². The highest BCUT2D eigenvalue weighted by atomic mass is 32.2. The Bertz CT molecular complexity index is 1090. The monoisotopic (exact) mass is 438 g/mol. The van der Waals surface area contributed by atoms with Crippen molar-refractivity contribution < 1.29 is 24.2 Å². The summed E-state index contributed by atoms with van der Waals surface area (Å²) in [5.74, 6) is -0.605. The predicted molar refractivity (Wildman–Crippen MR) is 122 cm³/mol. The quantitative estimate of drug-likeness (QED) is 0.476. The Kier molecular flexibility index (Phi) is 7.15. The first-order chi connectivity index (χ1) is 14.9. The second kappa shape index (κ2) is 9.99. The molecular weight excluding hydrogens is 416 g/mol. The van der Waals surface area contributed by atoms with Gasteiger partial charge in [0.25, 0.3) is 5.91 Å². The van der Waals surface area contributed by atoms with Crippen molar-refractivity contribution in [2.24, 2.45) is 4.99 Å². The molecule has 2 aromatic carbocycles. The molecule has 160 valence electrons. The van der Waals surface area contributed by atoms with Gasteiger partial charge in [0.1, 0.15) is 0 Å². The van der Waals surface area contributed by atoms with E-state index in [0.717, 1.165) is 11.3 Å². The maximum atomic E-state index is 12.5. The van der Waals surface area contributed by atoms with Crippen molar-refractivity contribution in [3.8, 4) is 11.5 Å². The molecule has 8 heteroatoms. The lowest BCUT2D eigenvalue weighted by atomic mass is 10.0. The minimum atomic E-state index is -1.09. The SMILES string of the molecule is C=CCc1cc(/C=C2\SC(=Nc3ccccc3C)NC2=O)cc(OC)c1OCC(=O)O. The zero-order valence-electron chi connectivity index (χ0n) is 17.2. The van der Waals surface area contributed by atoms with E-state index in [9.17, 15) is 9.59 Å². The third-order valence-electron chi connectivity index (χ3n) is 4.36. The van der Waals surface area contributed by atoms with E-state index in [1.165, 1.54) is 18.9 Å². The number of nitrogens with one attached hydrogen (secondary N) is 1. The molecule has 3 rings (SSSR count). The summed E-state index contributed by atoms with van der Waals surface area (Å²) in [6, 6.07) is 11.2. The number of carboxylic acids is 1. The maximum absolute atomic E-state index is 12.5. The van der Waals surface area contributed by atoms with Crippen LogP contribution in [0.2, 0.25) is 0 Å². The first-order valence-corrected chi connectivity index (χ1v) is 10.2. The molecule has 0 aromatic heterocycles. The number of carbonyl (C=O) groups is 2. The summed E-state index contributed by atoms with van der Waals surface area (Å²) < 4.78 is 10.8. The average molecular weight is 439 g/mol. The number of aryl methyl sites for hydroxylation is 1. The minimum absolute atomic E-state index is 0.243. The summed E-state index contributed by atoms with van der Waals surface area (Å²) in [6.45, 7) is 5.21. The molecule has 2 N–H and O–H groups in total. The van der Waals surface area contributed by atoms with Gasteiger partial charge in [0.05, 0.1) is 17.7 Å². The number of carbonyl (C=O) groups excluding carboxylic acids is 1. The summed E-state index contributed by atoms with van der Waals surface area (Å²) in [6.07, 6.45) is 3.86. The lowest BCUT2D eigenvalue weighted by molar-refractivity contribution is -0.139. The summed E-state index contributed by atoms with van der Waals surface area (Å²) in [5.41, 5.74) is 3.23. The summed E-state index contributed by atoms with van der Waals surface area (Å²) in [7, 11) is 1.47. The average Bonchev–Trinajstić information content (AvgIpc) is 3.07. The fourth-order valence-electron chi connectivity index (χ4n) is 2.95. The Morgan fingerprint density at radius 3 is 2.77 bits per heavy atom. The van der Waals surface area contributed by atoms with Crippen LogP contribution in [0.1, 0.15) is 16.7 Å². The third kappa shape index (κ3) is 5.55. The molecule has 0 radical (unpaired) electrons. The number of para-hydroxylation sites is 1. The minimum Gasteiger partial charge on any atom is -0.493 e. The Labute approximate surface area is 184 Å². The largest absolute Gasteiger partial charge is 0.493 e. The van der Waals surface area contributed by atoms with Gasteiger partial charge in [0.15, 0.2) is 23.3 Å². The lowest BCUT2D eigenvalue weighted by Gasteiger charge is -2.14. The van der Waals surface area contributed by atoms with E-state index in [0.29, 0.717) is 39.1 Å². The Morgan fingerprint density at radius 2 is 2.10 bits per heavy atom. The zero-order valence-corrected chi connectivity index (χ0v) is 18.0. The van der Waals surface area contributed by atoms with Crippen LogP contribution in [0.4, 0.5) is 5.69 Å². The number of hydrogen-bond donors (Lipinski definition) is 2. The van der Waals surface area contributed by atoms with Gasteiger partial charge in [-0.2, -0.15) is 0 Å². The standard InChI is InChI=1S/C23H22N2O5S/c1-4-7-16-10-15(11-18(29-3)21(16)30-13-20(26)27)12-19-22(28)25-23(31-19)24-17-9-6-5-8-14(17)2/h4-6,8-12H,1,7,13H2,2-3H3,(H,26,27)(H,24,25,28)/b19-12-. The summed E-state index contributed by atoms with van der Waals surface area (Å²) >= 11 is 1.25. The van der Waals surface area contributed by atoms with Crippen molar-refractivity contribution >= 4 is 40.6 Å². The number of aliphatic imine (C=N–C) groups is 1. The molecule has 0 spiro atoms. The first kappa shape index (κ1) is 22.2. The van der Waals surface area contributed by atoms with Gasteiger partial charge in [0.2, 0.25) is 0 Å². The summed E-state index contributed by atoms with van der Waals surface area (Å²) in [5, 5.41) is 12.2. The molecule has 1 saturated heterocycles. The van der Waals surface area contributed by atoms with E-state index in [2.05, 4.69) is 16.9 Å². The molecule has 0 aliphatic carbocycles. The fraction of sp³-hybridized carbons (Fsp3) is 0.174. The number of aliphatic carboxylic acids is 1. The molecule has 1 aliphatic rings. The van der Waals surface area contributed by atoms with Gasteiger partial charge >= 0.3 is 5.97 Å². The van der Waals surface area contributed by atoms with E-state index >= 15 is 0 Å². The number of nitrogens with zero attached hydrogens (tertiary/aromatic N) is 1. The Balaban J connectivity index is 1.92. The van der Waals surface area contributed by atoms with Crippen molar-refractivity contribution in [2.75, 3.05) is 13.7 Å². The number of allylic oxidation sites excluding steroid dienone is 1. The molecule has 0 saturated carbocycles. The van der Waals surface area contributed by atoms with Crippen LogP contribution in [0.15, 0.2) is 59.0 Å². The molecule has 0 unspecified atom stereocenters. The number of rotatable bonds is 8. The fourth-order valence-corrected chi connectivity index (χ4v) is 3.79. The molecule has 1 fully saturated rings. The smallest absolute Gasteiger partial charge is 0.341 e. The van der Waals surface area contributed by atoms with Crippen LogP contribution in [0, 0.1) is 6.92 Å². The number of carboxylic acid groups (broad SMARTS) is 1. The Morgan fingerprint density at radius 1 is 1.32 bits per heavy atom. The number of ether oxygens (including phenoxy) is 2. The van der Waals surface area contributed by atoms with Crippen LogP contribution in [0.3, 0.4) is 0 Å². The molecular formula is C23H22N2O5S. The molecule has 0 atom stereocenters. The normalized spacial score (nSPS) is 15.7. The molecule has 0 bridgehead atoms. The summed E-state index contributed by atoms with van der Waals surface area (Å²) in [4.78, 5) is 28.4. The molecule has 1 aliphatic heterocycles. The van der Waals surface area contributed by atoms with E-state index in [-0.39, 0.29) is 5.91 Å². The van der Waals surface area contributed by atoms with Crippen LogP contribution in [0.5, 0.6) is 11.5 Å². The zero-order chi connectivity index (χ0) is 22.4. The third-order valence-corrected chi connectivity index (χ3v) is 5.27. The van der Waals surface area contributed by atoms with Crippen LogP contribution in [-0.4, -0.2) is 35.9 Å². The van der Waals surface area contributed by atoms with E-state index in [4.69, 9.17) is 14.6 Å². The van der Waals surface area contributed by atoms with E-state index in [1.54, 1.807) is 18.2 Å². The van der Waals surface area contributed by atoms with Gasteiger partial charge < -0.3 is 19.9 Å². The van der Waals surface area contributed by atoms with E-state index in [1.807, 2.05) is 37.3 Å². The lowest BCUT2D eigenvalue weighted by Crippen LogP contribution is -2.19. The molecule has 2 aromatic rings. The van der Waals surface area contributed by atoms with Gasteiger partial charge in [-0.05, 0) is 60.5 Å². The van der Waals surface area contributed by atoms with Gasteiger partial charge in [-0.1, -0.05) is 24.3 Å². The second-order valence-corrected chi connectivity index (χ2v) is 7.69. The van der Waals surface area contributed by atoms with Gasteiger partial charge in [0, 0.05) is 5.56 Å². The highest BCUT2D eigenvalue weighted by Gasteiger charge is 2.24. The van der Waals surface area contributed by atoms with Gasteiger partial charge in [-0.15, -0.1) is 6.58 Å². The van der Waals surface area contributed by atoms with Crippen molar-refractivity contribution in [1.82, 2.24) is 5.32 Å². The highest BCUT2D eigenvalue weighted by Crippen LogP contribution is 2.36. The molecule has 31 heavy (non-hydrogen) atoms. The molecule has 1 heterocycles. The number of thioether (sulfide) groups is 1. The van der Waals surface area contributed by atoms with Crippen LogP contribution >= 0.6 is 11.8 Å². The predicted octanol–water partition coefficient (Wildman–Crippen LogP) is 4.09. The second-order valence-electron chi connectivity index (χ2n) is 6.65. The maximum Gasteiger partial charge on any atom is 0.341 e. The Hall–Kier alpha value is -3.52. The highest BCUT2D eigenvalue weighted by molar-refractivity contribution is 8.18. The van der Waals surface area contributed by atoms with Gasteiger partial charge in [-0.3, -0.25) is 4.79 Å². The number of methoxy groups -OCH3 is 1. The number of amides is 1. The van der Waals surface area contributed by atoms with Gasteiger partial charge in [-0.25, -0.2) is 9.79 Å².